The molecular formula is C17H19NO4. The number of hydrogen-bond acceptors (Lipinski definition) is 3. The standard InChI is InChI=1S/C17H19NO4/c1-11(15-10-13-4-2-3-5-14(13)22-15)16(19)18-8-6-12(7-9-18)17(20)21/h2-5,10-12H,6-9H2,1H3,(H,20,21). The number of amides is 1. The minimum absolute atomic E-state index is 0.00268. The second kappa shape index (κ2) is 5.83. The first-order chi connectivity index (χ1) is 10.6. The summed E-state index contributed by atoms with van der Waals surface area (Å²) < 4.78 is 5.76. The number of rotatable bonds is 3. The minimum atomic E-state index is -0.766. The number of hydrogen-bond donors (Lipinski definition) is 1. The summed E-state index contributed by atoms with van der Waals surface area (Å²) in [5.41, 5.74) is 0.779. The van der Waals surface area contributed by atoms with Crippen LogP contribution < -0.4 is 0 Å². The van der Waals surface area contributed by atoms with Crippen molar-refractivity contribution in [3.63, 3.8) is 0 Å². The topological polar surface area (TPSA) is 70.8 Å². The molecule has 1 aromatic carbocycles. The average molecular weight is 301 g/mol. The monoisotopic (exact) mass is 301 g/mol. The number of para-hydroxylation sites is 1. The predicted molar refractivity (Wildman–Crippen MR) is 81.6 cm³/mol. The van der Waals surface area contributed by atoms with E-state index in [1.807, 2.05) is 37.3 Å². The second-order valence-corrected chi connectivity index (χ2v) is 5.85. The number of furan rings is 1. The highest BCUT2D eigenvalue weighted by Gasteiger charge is 2.30. The summed E-state index contributed by atoms with van der Waals surface area (Å²) in [5.74, 6) is -0.786. The number of fused-ring (bicyclic) bond motifs is 1. The van der Waals surface area contributed by atoms with Crippen LogP contribution in [0.5, 0.6) is 0 Å². The summed E-state index contributed by atoms with van der Waals surface area (Å²) in [6.45, 7) is 2.84. The Balaban J connectivity index is 1.70. The van der Waals surface area contributed by atoms with Gasteiger partial charge in [0.05, 0.1) is 11.8 Å². The maximum Gasteiger partial charge on any atom is 0.306 e. The van der Waals surface area contributed by atoms with Crippen LogP contribution in [0.3, 0.4) is 0 Å². The zero-order chi connectivity index (χ0) is 15.7. The highest BCUT2D eigenvalue weighted by Crippen LogP contribution is 2.27. The lowest BCUT2D eigenvalue weighted by Gasteiger charge is -2.31. The van der Waals surface area contributed by atoms with Gasteiger partial charge in [-0.15, -0.1) is 0 Å². The number of carbonyl (C=O) groups is 2. The van der Waals surface area contributed by atoms with E-state index in [9.17, 15) is 9.59 Å². The van der Waals surface area contributed by atoms with Crippen molar-refractivity contribution < 1.29 is 19.1 Å². The molecule has 1 amide bonds. The van der Waals surface area contributed by atoms with Crippen LogP contribution in [0.25, 0.3) is 11.0 Å². The third kappa shape index (κ3) is 2.71. The molecule has 0 bridgehead atoms. The summed E-state index contributed by atoms with van der Waals surface area (Å²) in [6.07, 6.45) is 1.04. The number of nitrogens with zero attached hydrogens (tertiary/aromatic N) is 1. The zero-order valence-electron chi connectivity index (χ0n) is 12.5. The third-order valence-electron chi connectivity index (χ3n) is 4.40. The fraction of sp³-hybridized carbons (Fsp3) is 0.412. The number of benzene rings is 1. The molecule has 0 radical (unpaired) electrons. The molecule has 0 aliphatic carbocycles. The number of piperidine rings is 1. The van der Waals surface area contributed by atoms with Crippen molar-refractivity contribution in [2.75, 3.05) is 13.1 Å². The molecular weight excluding hydrogens is 282 g/mol. The fourth-order valence-corrected chi connectivity index (χ4v) is 2.96. The van der Waals surface area contributed by atoms with E-state index in [1.165, 1.54) is 0 Å². The number of likely N-dealkylation sites (tertiary alicyclic amines) is 1. The van der Waals surface area contributed by atoms with Crippen molar-refractivity contribution in [2.24, 2.45) is 5.92 Å². The Kier molecular flexibility index (Phi) is 3.88. The van der Waals surface area contributed by atoms with Crippen LogP contribution in [-0.2, 0) is 9.59 Å². The van der Waals surface area contributed by atoms with Gasteiger partial charge in [0.15, 0.2) is 0 Å². The van der Waals surface area contributed by atoms with Crippen LogP contribution in [0, 0.1) is 5.92 Å². The van der Waals surface area contributed by atoms with E-state index < -0.39 is 5.97 Å². The molecule has 1 aliphatic rings. The first-order valence-electron chi connectivity index (χ1n) is 7.56. The van der Waals surface area contributed by atoms with Crippen LogP contribution in [-0.4, -0.2) is 35.0 Å². The van der Waals surface area contributed by atoms with Crippen molar-refractivity contribution in [2.45, 2.75) is 25.7 Å². The Labute approximate surface area is 128 Å². The smallest absolute Gasteiger partial charge is 0.306 e. The largest absolute Gasteiger partial charge is 0.481 e. The van der Waals surface area contributed by atoms with Crippen molar-refractivity contribution >= 4 is 22.8 Å². The molecule has 0 saturated carbocycles. The summed E-state index contributed by atoms with van der Waals surface area (Å²) in [6, 6.07) is 9.58. The van der Waals surface area contributed by atoms with E-state index in [1.54, 1.807) is 4.90 Å². The van der Waals surface area contributed by atoms with E-state index in [-0.39, 0.29) is 17.7 Å². The maximum atomic E-state index is 12.6. The maximum absolute atomic E-state index is 12.6. The van der Waals surface area contributed by atoms with Crippen LogP contribution in [0.4, 0.5) is 0 Å². The van der Waals surface area contributed by atoms with E-state index in [0.717, 1.165) is 11.0 Å². The quantitative estimate of drug-likeness (QED) is 0.946. The summed E-state index contributed by atoms with van der Waals surface area (Å²) >= 11 is 0. The Morgan fingerprint density at radius 3 is 2.59 bits per heavy atom. The van der Waals surface area contributed by atoms with Gasteiger partial charge in [0.2, 0.25) is 5.91 Å². The molecule has 1 unspecified atom stereocenters. The third-order valence-corrected chi connectivity index (χ3v) is 4.40. The molecule has 22 heavy (non-hydrogen) atoms. The molecule has 116 valence electrons. The van der Waals surface area contributed by atoms with Gasteiger partial charge in [0, 0.05) is 18.5 Å². The lowest BCUT2D eigenvalue weighted by molar-refractivity contribution is -0.146. The average Bonchev–Trinajstić information content (AvgIpc) is 2.97. The van der Waals surface area contributed by atoms with Gasteiger partial charge in [0.1, 0.15) is 11.3 Å². The summed E-state index contributed by atoms with van der Waals surface area (Å²) in [7, 11) is 0. The number of carboxylic acids is 1. The summed E-state index contributed by atoms with van der Waals surface area (Å²) in [4.78, 5) is 25.3. The van der Waals surface area contributed by atoms with Gasteiger partial charge in [-0.3, -0.25) is 9.59 Å². The van der Waals surface area contributed by atoms with Crippen LogP contribution in [0.1, 0.15) is 31.4 Å². The van der Waals surface area contributed by atoms with Gasteiger partial charge in [-0.2, -0.15) is 0 Å². The number of carbonyl (C=O) groups excluding carboxylic acids is 1. The second-order valence-electron chi connectivity index (χ2n) is 5.85. The van der Waals surface area contributed by atoms with E-state index in [0.29, 0.717) is 31.7 Å². The SMILES string of the molecule is CC(C(=O)N1CCC(C(=O)O)CC1)c1cc2ccccc2o1. The molecule has 5 nitrogen and oxygen atoms in total. The predicted octanol–water partition coefficient (Wildman–Crippen LogP) is 2.86. The van der Waals surface area contributed by atoms with E-state index in [4.69, 9.17) is 9.52 Å². The highest BCUT2D eigenvalue weighted by molar-refractivity contribution is 5.85. The Hall–Kier alpha value is -2.30. The van der Waals surface area contributed by atoms with Gasteiger partial charge < -0.3 is 14.4 Å². The van der Waals surface area contributed by atoms with E-state index >= 15 is 0 Å². The van der Waals surface area contributed by atoms with Gasteiger partial charge in [-0.05, 0) is 31.9 Å². The molecule has 1 fully saturated rings. The molecule has 1 N–H and O–H groups in total. The molecule has 5 heteroatoms. The van der Waals surface area contributed by atoms with Gasteiger partial charge in [-0.25, -0.2) is 0 Å². The van der Waals surface area contributed by atoms with Crippen molar-refractivity contribution in [3.8, 4) is 0 Å². The molecule has 1 aliphatic heterocycles. The zero-order valence-corrected chi connectivity index (χ0v) is 12.5. The molecule has 1 aromatic heterocycles. The molecule has 2 aromatic rings. The lowest BCUT2D eigenvalue weighted by atomic mass is 9.95. The minimum Gasteiger partial charge on any atom is -0.481 e. The molecule has 0 spiro atoms. The fourth-order valence-electron chi connectivity index (χ4n) is 2.96. The van der Waals surface area contributed by atoms with Crippen LogP contribution >= 0.6 is 0 Å². The molecule has 1 atom stereocenters. The Morgan fingerprint density at radius 2 is 1.95 bits per heavy atom. The van der Waals surface area contributed by atoms with Gasteiger partial charge in [0.25, 0.3) is 0 Å². The number of aliphatic carboxylic acids is 1. The Bertz CT molecular complexity index is 665. The molecule has 3 rings (SSSR count). The Morgan fingerprint density at radius 1 is 1.27 bits per heavy atom. The summed E-state index contributed by atoms with van der Waals surface area (Å²) in [5, 5.41) is 10.0. The van der Waals surface area contributed by atoms with Crippen molar-refractivity contribution in [1.82, 2.24) is 4.90 Å². The van der Waals surface area contributed by atoms with E-state index in [2.05, 4.69) is 0 Å². The van der Waals surface area contributed by atoms with Crippen LogP contribution in [0.15, 0.2) is 34.7 Å². The first-order valence-corrected chi connectivity index (χ1v) is 7.56. The lowest BCUT2D eigenvalue weighted by Crippen LogP contribution is -2.42. The van der Waals surface area contributed by atoms with Crippen molar-refractivity contribution in [1.29, 1.82) is 0 Å². The highest BCUT2D eigenvalue weighted by atomic mass is 16.4. The van der Waals surface area contributed by atoms with Gasteiger partial charge >= 0.3 is 5.97 Å². The first kappa shape index (κ1) is 14.6. The van der Waals surface area contributed by atoms with Crippen LogP contribution in [0.2, 0.25) is 0 Å². The normalized spacial score (nSPS) is 17.6. The van der Waals surface area contributed by atoms with Gasteiger partial charge in [-0.1, -0.05) is 18.2 Å². The van der Waals surface area contributed by atoms with Crippen molar-refractivity contribution in [3.05, 3.63) is 36.1 Å². The number of carboxylic acid groups (broad SMARTS) is 1. The molecule has 1 saturated heterocycles. The molecule has 2 heterocycles.